The van der Waals surface area contributed by atoms with Crippen LogP contribution in [0.5, 0.6) is 0 Å². The molecule has 0 bridgehead atoms. The summed E-state index contributed by atoms with van der Waals surface area (Å²) in [5, 5.41) is 0. The average molecular weight is 133 g/mol. The van der Waals surface area contributed by atoms with E-state index in [2.05, 4.69) is 0 Å². The topological polar surface area (TPSA) is 18.5 Å². The highest BCUT2D eigenvalue weighted by Crippen LogP contribution is 2.21. The van der Waals surface area contributed by atoms with E-state index in [4.69, 9.17) is 9.31 Å². The Morgan fingerprint density at radius 1 is 1.30 bits per heavy atom. The molecule has 3 heteroatoms. The second-order valence-corrected chi connectivity index (χ2v) is 2.11. The fourth-order valence-corrected chi connectivity index (χ4v) is 0.935. The van der Waals surface area contributed by atoms with Crippen LogP contribution in [-0.2, 0) is 9.31 Å². The molecule has 0 fully saturated rings. The molecule has 0 saturated carbocycles. The van der Waals surface area contributed by atoms with E-state index < -0.39 is 0 Å². The van der Waals surface area contributed by atoms with Crippen molar-refractivity contribution in [1.29, 1.82) is 0 Å². The molecular formula is C7H6BO2. The molecule has 0 aromatic rings. The summed E-state index contributed by atoms with van der Waals surface area (Å²) in [5.74, 6) is 1.72. The van der Waals surface area contributed by atoms with Gasteiger partial charge in [-0.15, -0.1) is 0 Å². The van der Waals surface area contributed by atoms with Crippen LogP contribution in [0.2, 0.25) is 0 Å². The van der Waals surface area contributed by atoms with Crippen molar-refractivity contribution in [2.24, 2.45) is 0 Å². The fourth-order valence-electron chi connectivity index (χ4n) is 0.935. The third-order valence-corrected chi connectivity index (χ3v) is 1.44. The normalized spacial score (nSPS) is 20.8. The van der Waals surface area contributed by atoms with Crippen LogP contribution in [0.15, 0.2) is 35.8 Å². The molecular weight excluding hydrogens is 127 g/mol. The zero-order chi connectivity index (χ0) is 6.81. The molecule has 1 heterocycles. The van der Waals surface area contributed by atoms with E-state index in [9.17, 15) is 0 Å². The maximum absolute atomic E-state index is 5.07. The van der Waals surface area contributed by atoms with E-state index in [1.165, 1.54) is 7.69 Å². The van der Waals surface area contributed by atoms with Crippen LogP contribution >= 0.6 is 0 Å². The number of rotatable bonds is 0. The van der Waals surface area contributed by atoms with Gasteiger partial charge in [-0.25, -0.2) is 0 Å². The third-order valence-electron chi connectivity index (χ3n) is 1.44. The highest BCUT2D eigenvalue weighted by atomic mass is 16.6. The lowest BCUT2D eigenvalue weighted by molar-refractivity contribution is 0.411. The molecule has 0 spiro atoms. The summed E-state index contributed by atoms with van der Waals surface area (Å²) in [6.07, 6.45) is 8.65. The minimum absolute atomic E-state index is 0.818. The van der Waals surface area contributed by atoms with E-state index in [0.29, 0.717) is 0 Å². The number of allylic oxidation sites excluding steroid dienone is 4. The first kappa shape index (κ1) is 5.65. The van der Waals surface area contributed by atoms with Gasteiger partial charge in [-0.1, -0.05) is 18.2 Å². The molecule has 0 atom stereocenters. The van der Waals surface area contributed by atoms with Crippen LogP contribution < -0.4 is 0 Å². The smallest absolute Gasteiger partial charge is 0.526 e. The summed E-state index contributed by atoms with van der Waals surface area (Å²) < 4.78 is 10.1. The molecule has 2 rings (SSSR count). The van der Waals surface area contributed by atoms with Crippen LogP contribution in [0.25, 0.3) is 0 Å². The third kappa shape index (κ3) is 0.836. The van der Waals surface area contributed by atoms with Crippen molar-refractivity contribution in [1.82, 2.24) is 0 Å². The van der Waals surface area contributed by atoms with Crippen molar-refractivity contribution < 1.29 is 9.31 Å². The molecule has 0 aromatic heterocycles. The number of hydrogen-bond donors (Lipinski definition) is 0. The molecule has 0 aromatic carbocycles. The van der Waals surface area contributed by atoms with Gasteiger partial charge in [0.25, 0.3) is 0 Å². The SMILES string of the molecule is [B]1OC2=C(CC=CC=C2)O1. The lowest BCUT2D eigenvalue weighted by atomic mass is 10.3. The molecule has 49 valence electrons. The maximum atomic E-state index is 5.07. The first-order chi connectivity index (χ1) is 4.97. The van der Waals surface area contributed by atoms with E-state index in [1.807, 2.05) is 24.3 Å². The highest BCUT2D eigenvalue weighted by molar-refractivity contribution is 6.20. The molecule has 10 heavy (non-hydrogen) atoms. The van der Waals surface area contributed by atoms with Gasteiger partial charge in [0.1, 0.15) is 11.5 Å². The Balaban J connectivity index is 2.30. The Hall–Kier alpha value is -1.12. The Morgan fingerprint density at radius 3 is 3.30 bits per heavy atom. The molecule has 0 unspecified atom stereocenters. The quantitative estimate of drug-likeness (QED) is 0.463. The second kappa shape index (κ2) is 2.25. The molecule has 0 saturated heterocycles. The largest absolute Gasteiger partial charge is 0.658 e. The van der Waals surface area contributed by atoms with Gasteiger partial charge in [-0.05, 0) is 6.08 Å². The van der Waals surface area contributed by atoms with Gasteiger partial charge >= 0.3 is 7.69 Å². The van der Waals surface area contributed by atoms with Crippen LogP contribution in [0.4, 0.5) is 0 Å². The van der Waals surface area contributed by atoms with Gasteiger partial charge in [-0.3, -0.25) is 0 Å². The lowest BCUT2D eigenvalue weighted by Crippen LogP contribution is -1.88. The Kier molecular flexibility index (Phi) is 1.27. The van der Waals surface area contributed by atoms with Gasteiger partial charge < -0.3 is 9.31 Å². The summed E-state index contributed by atoms with van der Waals surface area (Å²) in [4.78, 5) is 0. The van der Waals surface area contributed by atoms with Crippen molar-refractivity contribution in [2.75, 3.05) is 0 Å². The van der Waals surface area contributed by atoms with Crippen molar-refractivity contribution in [3.05, 3.63) is 35.8 Å². The maximum Gasteiger partial charge on any atom is 0.658 e. The van der Waals surface area contributed by atoms with Gasteiger partial charge in [0.2, 0.25) is 0 Å². The van der Waals surface area contributed by atoms with Gasteiger partial charge in [0, 0.05) is 6.42 Å². The first-order valence-corrected chi connectivity index (χ1v) is 3.18. The Morgan fingerprint density at radius 2 is 2.30 bits per heavy atom. The van der Waals surface area contributed by atoms with E-state index >= 15 is 0 Å². The van der Waals surface area contributed by atoms with Crippen molar-refractivity contribution >= 4 is 7.69 Å². The van der Waals surface area contributed by atoms with Crippen molar-refractivity contribution in [3.63, 3.8) is 0 Å². The Labute approximate surface area is 60.1 Å². The Bertz CT molecular complexity index is 228. The molecule has 2 aliphatic rings. The molecule has 1 aliphatic carbocycles. The summed E-state index contributed by atoms with van der Waals surface area (Å²) in [6.45, 7) is 0. The van der Waals surface area contributed by atoms with E-state index in [1.54, 1.807) is 0 Å². The van der Waals surface area contributed by atoms with Gasteiger partial charge in [0.05, 0.1) is 0 Å². The monoisotopic (exact) mass is 133 g/mol. The zero-order valence-corrected chi connectivity index (χ0v) is 5.41. The second-order valence-electron chi connectivity index (χ2n) is 2.11. The lowest BCUT2D eigenvalue weighted by Gasteiger charge is -1.94. The summed E-state index contributed by atoms with van der Waals surface area (Å²) in [5.41, 5.74) is 0. The van der Waals surface area contributed by atoms with Crippen LogP contribution in [0.1, 0.15) is 6.42 Å². The minimum atomic E-state index is 0.818. The van der Waals surface area contributed by atoms with E-state index in [-0.39, 0.29) is 0 Å². The summed E-state index contributed by atoms with van der Waals surface area (Å²) in [7, 11) is 1.36. The van der Waals surface area contributed by atoms with Crippen LogP contribution in [0.3, 0.4) is 0 Å². The van der Waals surface area contributed by atoms with Gasteiger partial charge in [-0.2, -0.15) is 0 Å². The first-order valence-electron chi connectivity index (χ1n) is 3.18. The predicted molar refractivity (Wildman–Crippen MR) is 37.8 cm³/mol. The predicted octanol–water partition coefficient (Wildman–Crippen LogP) is 1.30. The van der Waals surface area contributed by atoms with Crippen molar-refractivity contribution in [2.45, 2.75) is 6.42 Å². The minimum Gasteiger partial charge on any atom is -0.526 e. The summed E-state index contributed by atoms with van der Waals surface area (Å²) in [6, 6.07) is 0. The van der Waals surface area contributed by atoms with E-state index in [0.717, 1.165) is 17.9 Å². The highest BCUT2D eigenvalue weighted by Gasteiger charge is 2.17. The summed E-state index contributed by atoms with van der Waals surface area (Å²) >= 11 is 0. The molecule has 1 radical (unpaired) electrons. The average Bonchev–Trinajstić information content (AvgIpc) is 2.28. The molecule has 0 amide bonds. The fraction of sp³-hybridized carbons (Fsp3) is 0.143. The molecule has 2 nitrogen and oxygen atoms in total. The van der Waals surface area contributed by atoms with Crippen molar-refractivity contribution in [3.8, 4) is 0 Å². The molecule has 1 aliphatic heterocycles. The number of hydrogen-bond acceptors (Lipinski definition) is 2. The van der Waals surface area contributed by atoms with Gasteiger partial charge in [0.15, 0.2) is 0 Å². The zero-order valence-electron chi connectivity index (χ0n) is 5.41. The standard InChI is InChI=1S/C7H6BO2/c1-2-4-6-7(5-3-1)10-8-9-6/h1-4H,5H2. The van der Waals surface area contributed by atoms with Crippen LogP contribution in [-0.4, -0.2) is 7.69 Å². The van der Waals surface area contributed by atoms with Crippen LogP contribution in [0, 0.1) is 0 Å². The molecule has 0 N–H and O–H groups in total.